The molecule has 1 amide bonds. The second-order valence-electron chi connectivity index (χ2n) is 6.61. The van der Waals surface area contributed by atoms with Gasteiger partial charge in [-0.25, -0.2) is 0 Å². The van der Waals surface area contributed by atoms with E-state index in [0.29, 0.717) is 39.1 Å². The number of benzene rings is 1. The fraction of sp³-hybridized carbons (Fsp3) is 0.263. The van der Waals surface area contributed by atoms with Crippen molar-refractivity contribution in [3.8, 4) is 17.3 Å². The van der Waals surface area contributed by atoms with Crippen molar-refractivity contribution < 1.29 is 9.90 Å². The van der Waals surface area contributed by atoms with E-state index >= 15 is 0 Å². The monoisotopic (exact) mass is 432 g/mol. The lowest BCUT2D eigenvalue weighted by molar-refractivity contribution is 0.0931. The van der Waals surface area contributed by atoms with E-state index in [0.717, 1.165) is 0 Å². The van der Waals surface area contributed by atoms with Gasteiger partial charge < -0.3 is 10.4 Å². The van der Waals surface area contributed by atoms with Gasteiger partial charge in [-0.1, -0.05) is 29.3 Å². The Kier molecular flexibility index (Phi) is 6.23. The maximum absolute atomic E-state index is 12.3. The van der Waals surface area contributed by atoms with Crippen molar-refractivity contribution in [2.75, 3.05) is 0 Å². The topological polar surface area (TPSA) is 120 Å². The van der Waals surface area contributed by atoms with Crippen LogP contribution in [0, 0.1) is 11.3 Å². The third-order valence-corrected chi connectivity index (χ3v) is 4.78. The van der Waals surface area contributed by atoms with Gasteiger partial charge in [0.05, 0.1) is 34.0 Å². The average molecular weight is 433 g/mol. The molecular weight excluding hydrogens is 415 g/mol. The summed E-state index contributed by atoms with van der Waals surface area (Å²) in [4.78, 5) is 12.3. The second kappa shape index (κ2) is 8.66. The van der Waals surface area contributed by atoms with Crippen molar-refractivity contribution in [1.82, 2.24) is 25.3 Å². The first-order chi connectivity index (χ1) is 13.8. The summed E-state index contributed by atoms with van der Waals surface area (Å²) in [5.74, 6) is -0.339. The van der Waals surface area contributed by atoms with E-state index in [9.17, 15) is 9.90 Å². The zero-order valence-electron chi connectivity index (χ0n) is 15.6. The Morgan fingerprint density at radius 3 is 2.72 bits per heavy atom. The lowest BCUT2D eigenvalue weighted by Crippen LogP contribution is -2.36. The van der Waals surface area contributed by atoms with Crippen LogP contribution in [0.3, 0.4) is 0 Å². The van der Waals surface area contributed by atoms with Gasteiger partial charge in [-0.2, -0.15) is 15.5 Å². The standard InChI is InChI=1S/C19H18Cl2N6O2/c1-10(23-19(29)17-6-16(11(2)28)24-25-17)8-27-9-15(21)18(26-27)12-3-4-13(7-22)14(20)5-12/h3-6,9-11,28H,8H2,1-2H3,(H,23,29)(H,24,25)/t10-,11?/m0/s1. The molecule has 0 spiro atoms. The molecule has 2 aromatic heterocycles. The molecule has 1 aromatic carbocycles. The van der Waals surface area contributed by atoms with Crippen molar-refractivity contribution in [1.29, 1.82) is 5.26 Å². The smallest absolute Gasteiger partial charge is 0.269 e. The summed E-state index contributed by atoms with van der Waals surface area (Å²) in [7, 11) is 0. The van der Waals surface area contributed by atoms with Crippen molar-refractivity contribution in [2.45, 2.75) is 32.5 Å². The number of aromatic amines is 1. The molecular formula is C19H18Cl2N6O2. The number of halogens is 2. The fourth-order valence-corrected chi connectivity index (χ4v) is 3.22. The van der Waals surface area contributed by atoms with Gasteiger partial charge in [-0.05, 0) is 32.0 Å². The minimum atomic E-state index is -0.759. The first-order valence-corrected chi connectivity index (χ1v) is 9.51. The Bertz CT molecular complexity index is 1080. The molecule has 0 saturated carbocycles. The normalized spacial score (nSPS) is 13.0. The van der Waals surface area contributed by atoms with E-state index in [-0.39, 0.29) is 17.6 Å². The molecule has 3 N–H and O–H groups in total. The molecule has 10 heteroatoms. The highest BCUT2D eigenvalue weighted by molar-refractivity contribution is 6.33. The highest BCUT2D eigenvalue weighted by Crippen LogP contribution is 2.29. The summed E-state index contributed by atoms with van der Waals surface area (Å²) >= 11 is 12.4. The Morgan fingerprint density at radius 2 is 2.10 bits per heavy atom. The fourth-order valence-electron chi connectivity index (χ4n) is 2.73. The van der Waals surface area contributed by atoms with Crippen LogP contribution in [0.5, 0.6) is 0 Å². The van der Waals surface area contributed by atoms with Crippen molar-refractivity contribution >= 4 is 29.1 Å². The Hall–Kier alpha value is -2.86. The highest BCUT2D eigenvalue weighted by atomic mass is 35.5. The van der Waals surface area contributed by atoms with Crippen LogP contribution in [0.15, 0.2) is 30.5 Å². The molecule has 0 aliphatic carbocycles. The number of carbonyl (C=O) groups is 1. The Morgan fingerprint density at radius 1 is 1.34 bits per heavy atom. The van der Waals surface area contributed by atoms with Crippen LogP contribution < -0.4 is 5.32 Å². The summed E-state index contributed by atoms with van der Waals surface area (Å²) < 4.78 is 1.63. The lowest BCUT2D eigenvalue weighted by atomic mass is 10.1. The number of hydrogen-bond donors (Lipinski definition) is 3. The number of rotatable bonds is 6. The molecule has 0 fully saturated rings. The first-order valence-electron chi connectivity index (χ1n) is 8.75. The molecule has 0 radical (unpaired) electrons. The average Bonchev–Trinajstić information content (AvgIpc) is 3.28. The molecule has 3 aromatic rings. The molecule has 29 heavy (non-hydrogen) atoms. The van der Waals surface area contributed by atoms with Crippen molar-refractivity contribution in [2.24, 2.45) is 0 Å². The zero-order valence-corrected chi connectivity index (χ0v) is 17.2. The van der Waals surface area contributed by atoms with Gasteiger partial charge in [0.15, 0.2) is 0 Å². The second-order valence-corrected chi connectivity index (χ2v) is 7.43. The van der Waals surface area contributed by atoms with Crippen LogP contribution in [-0.2, 0) is 6.54 Å². The summed E-state index contributed by atoms with van der Waals surface area (Å²) in [5.41, 5.74) is 2.26. The predicted octanol–water partition coefficient (Wildman–Crippen LogP) is 3.32. The molecule has 0 bridgehead atoms. The van der Waals surface area contributed by atoms with Gasteiger partial charge >= 0.3 is 0 Å². The van der Waals surface area contributed by atoms with Gasteiger partial charge in [0, 0.05) is 17.8 Å². The summed E-state index contributed by atoms with van der Waals surface area (Å²) in [6.45, 7) is 3.78. The minimum Gasteiger partial charge on any atom is -0.387 e. The van der Waals surface area contributed by atoms with E-state index in [1.807, 2.05) is 13.0 Å². The van der Waals surface area contributed by atoms with Gasteiger partial charge in [-0.15, -0.1) is 0 Å². The third kappa shape index (κ3) is 4.77. The number of nitrogens with zero attached hydrogens (tertiary/aromatic N) is 4. The van der Waals surface area contributed by atoms with Gasteiger partial charge in [0.2, 0.25) is 0 Å². The van der Waals surface area contributed by atoms with Crippen LogP contribution in [0.2, 0.25) is 10.0 Å². The quantitative estimate of drug-likeness (QED) is 0.551. The number of nitriles is 1. The first kappa shape index (κ1) is 20.9. The molecule has 0 aliphatic rings. The van der Waals surface area contributed by atoms with Gasteiger partial charge in [0.1, 0.15) is 17.5 Å². The molecule has 3 rings (SSSR count). The van der Waals surface area contributed by atoms with E-state index in [4.69, 9.17) is 28.5 Å². The van der Waals surface area contributed by atoms with Gasteiger partial charge in [0.25, 0.3) is 5.91 Å². The highest BCUT2D eigenvalue weighted by Gasteiger charge is 2.17. The summed E-state index contributed by atoms with van der Waals surface area (Å²) in [5, 5.41) is 33.0. The number of H-pyrrole nitrogens is 1. The summed E-state index contributed by atoms with van der Waals surface area (Å²) in [6, 6.07) is 8.24. The van der Waals surface area contributed by atoms with Crippen LogP contribution >= 0.6 is 23.2 Å². The number of carbonyl (C=O) groups excluding carboxylic acids is 1. The number of aliphatic hydroxyl groups excluding tert-OH is 1. The molecule has 1 unspecified atom stereocenters. The van der Waals surface area contributed by atoms with E-state index in [1.165, 1.54) is 6.07 Å². The number of aromatic nitrogens is 4. The van der Waals surface area contributed by atoms with E-state index < -0.39 is 6.10 Å². The summed E-state index contributed by atoms with van der Waals surface area (Å²) in [6.07, 6.45) is 0.901. The molecule has 2 heterocycles. The number of nitrogens with one attached hydrogen (secondary N) is 2. The molecule has 2 atom stereocenters. The number of aliphatic hydroxyl groups is 1. The van der Waals surface area contributed by atoms with Crippen LogP contribution in [0.1, 0.15) is 41.7 Å². The van der Waals surface area contributed by atoms with Crippen molar-refractivity contribution in [3.63, 3.8) is 0 Å². The molecule has 0 aliphatic heterocycles. The molecule has 8 nitrogen and oxygen atoms in total. The molecule has 150 valence electrons. The largest absolute Gasteiger partial charge is 0.387 e. The van der Waals surface area contributed by atoms with E-state index in [1.54, 1.807) is 36.0 Å². The maximum atomic E-state index is 12.3. The predicted molar refractivity (Wildman–Crippen MR) is 109 cm³/mol. The Balaban J connectivity index is 1.69. The zero-order chi connectivity index (χ0) is 21.1. The van der Waals surface area contributed by atoms with Crippen molar-refractivity contribution in [3.05, 3.63) is 57.5 Å². The number of hydrogen-bond acceptors (Lipinski definition) is 5. The third-order valence-electron chi connectivity index (χ3n) is 4.19. The van der Waals surface area contributed by atoms with Crippen LogP contribution in [-0.4, -0.2) is 37.0 Å². The van der Waals surface area contributed by atoms with Crippen LogP contribution in [0.25, 0.3) is 11.3 Å². The maximum Gasteiger partial charge on any atom is 0.269 e. The van der Waals surface area contributed by atoms with Crippen LogP contribution in [0.4, 0.5) is 0 Å². The minimum absolute atomic E-state index is 0.255. The Labute approximate surface area is 177 Å². The molecule has 0 saturated heterocycles. The lowest BCUT2D eigenvalue weighted by Gasteiger charge is -2.13. The van der Waals surface area contributed by atoms with Gasteiger partial charge in [-0.3, -0.25) is 14.6 Å². The van der Waals surface area contributed by atoms with E-state index in [2.05, 4.69) is 20.6 Å². The SMILES string of the molecule is CC(O)c1cc(C(=O)N[C@@H](C)Cn2cc(Cl)c(-c3ccc(C#N)c(Cl)c3)n2)[nH]n1. The number of amides is 1.